The molecule has 21 heavy (non-hydrogen) atoms. The smallest absolute Gasteiger partial charge is 0.348 e. The van der Waals surface area contributed by atoms with Gasteiger partial charge in [-0.3, -0.25) is 0 Å². The van der Waals surface area contributed by atoms with E-state index in [4.69, 9.17) is 16.6 Å². The van der Waals surface area contributed by atoms with Crippen molar-refractivity contribution in [1.82, 2.24) is 0 Å². The zero-order valence-corrected chi connectivity index (χ0v) is 11.9. The van der Waals surface area contributed by atoms with Crippen LogP contribution in [0.1, 0.15) is 11.1 Å². The highest BCUT2D eigenvalue weighted by Crippen LogP contribution is 2.27. The lowest BCUT2D eigenvalue weighted by molar-refractivity contribution is 0.466. The molecule has 0 unspecified atom stereocenters. The van der Waals surface area contributed by atoms with Gasteiger partial charge in [-0.25, -0.2) is 4.79 Å². The second kappa shape index (κ2) is 5.50. The summed E-state index contributed by atoms with van der Waals surface area (Å²) in [5.41, 5.74) is 0.806. The number of thiocarbonyl (C=S) groups is 1. The number of aromatic hydroxyl groups is 1. The molecule has 104 valence electrons. The number of para-hydroxylation sites is 1. The molecule has 1 N–H and O–H groups in total. The van der Waals surface area contributed by atoms with Crippen LogP contribution in [0.4, 0.5) is 0 Å². The summed E-state index contributed by atoms with van der Waals surface area (Å²) >= 11 is 5.32. The van der Waals surface area contributed by atoms with Crippen LogP contribution in [-0.2, 0) is 6.42 Å². The molecule has 0 atom stereocenters. The standard InChI is InChI=1S/C17H12O3S/c18-16-12-8-4-5-9-13(12)20-17(19)15(16)14(21)10-11-6-2-1-3-7-11/h1-9,18H,10H2. The molecule has 0 saturated heterocycles. The third kappa shape index (κ3) is 2.58. The predicted octanol–water partition coefficient (Wildman–Crippen LogP) is 3.46. The zero-order chi connectivity index (χ0) is 14.8. The van der Waals surface area contributed by atoms with E-state index in [0.717, 1.165) is 5.56 Å². The highest BCUT2D eigenvalue weighted by atomic mass is 32.1. The fourth-order valence-corrected chi connectivity index (χ4v) is 2.60. The quantitative estimate of drug-likeness (QED) is 0.457. The summed E-state index contributed by atoms with van der Waals surface area (Å²) in [4.78, 5) is 12.4. The van der Waals surface area contributed by atoms with E-state index in [1.54, 1.807) is 24.3 Å². The Labute approximate surface area is 126 Å². The van der Waals surface area contributed by atoms with Crippen molar-refractivity contribution in [3.05, 3.63) is 76.1 Å². The van der Waals surface area contributed by atoms with Crippen molar-refractivity contribution < 1.29 is 9.52 Å². The molecule has 4 heteroatoms. The lowest BCUT2D eigenvalue weighted by Crippen LogP contribution is -2.15. The fraction of sp³-hybridized carbons (Fsp3) is 0.0588. The van der Waals surface area contributed by atoms with Gasteiger partial charge in [-0.2, -0.15) is 0 Å². The lowest BCUT2D eigenvalue weighted by atomic mass is 10.0. The molecule has 0 radical (unpaired) electrons. The molecule has 0 aliphatic heterocycles. The van der Waals surface area contributed by atoms with E-state index in [1.807, 2.05) is 30.3 Å². The van der Waals surface area contributed by atoms with Gasteiger partial charge in [0.15, 0.2) is 0 Å². The van der Waals surface area contributed by atoms with Gasteiger partial charge in [0, 0.05) is 11.3 Å². The third-order valence-electron chi connectivity index (χ3n) is 3.27. The first-order valence-electron chi connectivity index (χ1n) is 6.49. The molecule has 0 aliphatic rings. The minimum absolute atomic E-state index is 0.0764. The van der Waals surface area contributed by atoms with Gasteiger partial charge in [0.25, 0.3) is 0 Å². The zero-order valence-electron chi connectivity index (χ0n) is 11.1. The first-order chi connectivity index (χ1) is 10.2. The van der Waals surface area contributed by atoms with Gasteiger partial charge in [0.2, 0.25) is 0 Å². The molecular weight excluding hydrogens is 284 g/mol. The van der Waals surface area contributed by atoms with E-state index in [-0.39, 0.29) is 11.3 Å². The van der Waals surface area contributed by atoms with Crippen molar-refractivity contribution in [2.45, 2.75) is 6.42 Å². The van der Waals surface area contributed by atoms with Crippen molar-refractivity contribution >= 4 is 28.1 Å². The average Bonchev–Trinajstić information content (AvgIpc) is 2.48. The van der Waals surface area contributed by atoms with Crippen LogP contribution >= 0.6 is 12.2 Å². The molecule has 3 aromatic rings. The Kier molecular flexibility index (Phi) is 3.54. The Morgan fingerprint density at radius 1 is 1.05 bits per heavy atom. The maximum atomic E-state index is 12.1. The minimum atomic E-state index is -0.605. The highest BCUT2D eigenvalue weighted by Gasteiger charge is 2.17. The van der Waals surface area contributed by atoms with E-state index >= 15 is 0 Å². The van der Waals surface area contributed by atoms with Crippen LogP contribution in [0.5, 0.6) is 5.75 Å². The number of benzene rings is 2. The van der Waals surface area contributed by atoms with Crippen LogP contribution in [-0.4, -0.2) is 9.97 Å². The number of hydrogen-bond donors (Lipinski definition) is 1. The van der Waals surface area contributed by atoms with Crippen molar-refractivity contribution in [2.24, 2.45) is 0 Å². The molecule has 3 nitrogen and oxygen atoms in total. The number of rotatable bonds is 3. The SMILES string of the molecule is O=c1oc2ccccc2c(O)c1C(=S)Cc1ccccc1. The largest absolute Gasteiger partial charge is 0.506 e. The third-order valence-corrected chi connectivity index (χ3v) is 3.62. The van der Waals surface area contributed by atoms with Gasteiger partial charge in [-0.15, -0.1) is 0 Å². The summed E-state index contributed by atoms with van der Waals surface area (Å²) in [6, 6.07) is 16.4. The maximum absolute atomic E-state index is 12.1. The van der Waals surface area contributed by atoms with Crippen LogP contribution in [0.15, 0.2) is 63.8 Å². The summed E-state index contributed by atoms with van der Waals surface area (Å²) in [7, 11) is 0. The molecule has 0 amide bonds. The van der Waals surface area contributed by atoms with Gasteiger partial charge >= 0.3 is 5.63 Å². The van der Waals surface area contributed by atoms with Crippen molar-refractivity contribution in [3.63, 3.8) is 0 Å². The molecule has 1 heterocycles. The molecule has 2 aromatic carbocycles. The summed E-state index contributed by atoms with van der Waals surface area (Å²) in [6.45, 7) is 0. The van der Waals surface area contributed by atoms with E-state index in [1.165, 1.54) is 0 Å². The normalized spacial score (nSPS) is 10.7. The monoisotopic (exact) mass is 296 g/mol. The summed E-state index contributed by atoms with van der Waals surface area (Å²) in [6.07, 6.45) is 0.410. The van der Waals surface area contributed by atoms with Crippen LogP contribution in [0.2, 0.25) is 0 Å². The Hall–Kier alpha value is -2.46. The Morgan fingerprint density at radius 2 is 1.71 bits per heavy atom. The topological polar surface area (TPSA) is 50.4 Å². The van der Waals surface area contributed by atoms with Crippen LogP contribution < -0.4 is 5.63 Å². The van der Waals surface area contributed by atoms with Gasteiger partial charge in [-0.1, -0.05) is 54.7 Å². The van der Waals surface area contributed by atoms with Crippen molar-refractivity contribution in [3.8, 4) is 5.75 Å². The molecule has 0 bridgehead atoms. The summed E-state index contributed by atoms with van der Waals surface area (Å²) < 4.78 is 5.23. The molecular formula is C17H12O3S. The highest BCUT2D eigenvalue weighted by molar-refractivity contribution is 7.80. The van der Waals surface area contributed by atoms with Crippen LogP contribution in [0.3, 0.4) is 0 Å². The lowest BCUT2D eigenvalue weighted by Gasteiger charge is -2.07. The second-order valence-corrected chi connectivity index (χ2v) is 5.19. The molecule has 0 spiro atoms. The van der Waals surface area contributed by atoms with Crippen LogP contribution in [0, 0.1) is 0 Å². The van der Waals surface area contributed by atoms with Crippen molar-refractivity contribution in [2.75, 3.05) is 0 Å². The van der Waals surface area contributed by atoms with E-state index in [9.17, 15) is 9.90 Å². The predicted molar refractivity (Wildman–Crippen MR) is 86.0 cm³/mol. The number of hydrogen-bond acceptors (Lipinski definition) is 4. The minimum Gasteiger partial charge on any atom is -0.506 e. The first-order valence-corrected chi connectivity index (χ1v) is 6.89. The van der Waals surface area contributed by atoms with Crippen molar-refractivity contribution in [1.29, 1.82) is 0 Å². The first kappa shape index (κ1) is 13.5. The maximum Gasteiger partial charge on any atom is 0.348 e. The van der Waals surface area contributed by atoms with Gasteiger partial charge < -0.3 is 9.52 Å². The van der Waals surface area contributed by atoms with Gasteiger partial charge in [0.05, 0.1) is 5.39 Å². The molecule has 0 saturated carbocycles. The van der Waals surface area contributed by atoms with Gasteiger partial charge in [0.1, 0.15) is 16.9 Å². The van der Waals surface area contributed by atoms with Gasteiger partial charge in [-0.05, 0) is 17.7 Å². The molecule has 1 aromatic heterocycles. The Bertz CT molecular complexity index is 866. The second-order valence-electron chi connectivity index (χ2n) is 4.69. The fourth-order valence-electron chi connectivity index (χ4n) is 2.25. The Morgan fingerprint density at radius 3 is 2.48 bits per heavy atom. The van der Waals surface area contributed by atoms with Crippen LogP contribution in [0.25, 0.3) is 11.0 Å². The van der Waals surface area contributed by atoms with E-state index in [2.05, 4.69) is 0 Å². The Balaban J connectivity index is 2.08. The van der Waals surface area contributed by atoms with E-state index in [0.29, 0.717) is 22.3 Å². The summed E-state index contributed by atoms with van der Waals surface area (Å²) in [5.74, 6) is -0.109. The summed E-state index contributed by atoms with van der Waals surface area (Å²) in [5, 5.41) is 10.8. The average molecular weight is 296 g/mol. The molecule has 0 fully saturated rings. The molecule has 3 rings (SSSR count). The number of fused-ring (bicyclic) bond motifs is 1. The molecule has 0 aliphatic carbocycles. The van der Waals surface area contributed by atoms with E-state index < -0.39 is 5.63 Å².